The van der Waals surface area contributed by atoms with Crippen LogP contribution in [0.1, 0.15) is 45.4 Å². The molecule has 2 aliphatic carbocycles. The lowest BCUT2D eigenvalue weighted by Crippen LogP contribution is -2.24. The molecular formula is C11H18. The van der Waals surface area contributed by atoms with E-state index in [0.717, 1.165) is 11.8 Å². The predicted octanol–water partition coefficient (Wildman–Crippen LogP) is 3.53. The van der Waals surface area contributed by atoms with Gasteiger partial charge in [0.25, 0.3) is 0 Å². The first-order valence-corrected chi connectivity index (χ1v) is 5.06. The van der Waals surface area contributed by atoms with Gasteiger partial charge in [-0.05, 0) is 31.6 Å². The van der Waals surface area contributed by atoms with Gasteiger partial charge < -0.3 is 0 Å². The molecule has 0 heterocycles. The van der Waals surface area contributed by atoms with E-state index in [2.05, 4.69) is 13.0 Å². The van der Waals surface area contributed by atoms with Gasteiger partial charge in [0.1, 0.15) is 0 Å². The molecule has 0 aromatic heterocycles. The Morgan fingerprint density at radius 1 is 1.09 bits per heavy atom. The zero-order valence-corrected chi connectivity index (χ0v) is 7.47. The molecule has 62 valence electrons. The molecule has 0 N–H and O–H groups in total. The van der Waals surface area contributed by atoms with Crippen LogP contribution in [0.3, 0.4) is 0 Å². The van der Waals surface area contributed by atoms with E-state index in [4.69, 9.17) is 0 Å². The largest absolute Gasteiger partial charge is 0.0816 e. The highest BCUT2D eigenvalue weighted by atomic mass is 14.3. The van der Waals surface area contributed by atoms with Crippen LogP contribution in [0.15, 0.2) is 11.6 Å². The fraction of sp³-hybridized carbons (Fsp3) is 0.818. The van der Waals surface area contributed by atoms with E-state index in [0.29, 0.717) is 0 Å². The summed E-state index contributed by atoms with van der Waals surface area (Å²) in [7, 11) is 0. The average Bonchev–Trinajstić information content (AvgIpc) is 1.96. The van der Waals surface area contributed by atoms with Gasteiger partial charge in [-0.2, -0.15) is 0 Å². The minimum absolute atomic E-state index is 0.982. The molecule has 1 saturated carbocycles. The second-order valence-corrected chi connectivity index (χ2v) is 4.17. The van der Waals surface area contributed by atoms with E-state index in [1.165, 1.54) is 38.5 Å². The minimum atomic E-state index is 0.982. The quantitative estimate of drug-likeness (QED) is 0.463. The molecule has 0 saturated heterocycles. The molecule has 1 fully saturated rings. The molecule has 2 aliphatic rings. The summed E-state index contributed by atoms with van der Waals surface area (Å²) in [5.74, 6) is 1.98. The summed E-state index contributed by atoms with van der Waals surface area (Å²) in [5, 5.41) is 0. The van der Waals surface area contributed by atoms with Gasteiger partial charge in [0.15, 0.2) is 0 Å². The SMILES string of the molecule is CC1=C[C@H]2CCCCCC[C@@H]12. The van der Waals surface area contributed by atoms with Crippen LogP contribution in [-0.2, 0) is 0 Å². The average molecular weight is 150 g/mol. The van der Waals surface area contributed by atoms with Crippen molar-refractivity contribution in [3.8, 4) is 0 Å². The maximum Gasteiger partial charge on any atom is -0.0143 e. The van der Waals surface area contributed by atoms with E-state index >= 15 is 0 Å². The van der Waals surface area contributed by atoms with Crippen molar-refractivity contribution >= 4 is 0 Å². The lowest BCUT2D eigenvalue weighted by molar-refractivity contribution is 0.307. The van der Waals surface area contributed by atoms with Gasteiger partial charge in [-0.3, -0.25) is 0 Å². The molecule has 0 unspecified atom stereocenters. The zero-order chi connectivity index (χ0) is 7.68. The molecule has 2 rings (SSSR count). The Labute approximate surface area is 69.7 Å². The van der Waals surface area contributed by atoms with Crippen molar-refractivity contribution in [1.82, 2.24) is 0 Å². The van der Waals surface area contributed by atoms with Crippen molar-refractivity contribution in [3.05, 3.63) is 11.6 Å². The number of hydrogen-bond acceptors (Lipinski definition) is 0. The summed E-state index contributed by atoms with van der Waals surface area (Å²) in [6.07, 6.45) is 11.4. The van der Waals surface area contributed by atoms with Crippen LogP contribution in [-0.4, -0.2) is 0 Å². The van der Waals surface area contributed by atoms with Crippen LogP contribution in [0.2, 0.25) is 0 Å². The van der Waals surface area contributed by atoms with Gasteiger partial charge >= 0.3 is 0 Å². The van der Waals surface area contributed by atoms with E-state index < -0.39 is 0 Å². The first-order valence-electron chi connectivity index (χ1n) is 5.06. The first kappa shape index (κ1) is 7.39. The lowest BCUT2D eigenvalue weighted by Gasteiger charge is -2.36. The maximum absolute atomic E-state index is 2.50. The van der Waals surface area contributed by atoms with Crippen molar-refractivity contribution in [1.29, 1.82) is 0 Å². The number of rotatable bonds is 0. The summed E-state index contributed by atoms with van der Waals surface area (Å²) in [5.41, 5.74) is 1.68. The third kappa shape index (κ3) is 1.36. The van der Waals surface area contributed by atoms with Crippen LogP contribution in [0.4, 0.5) is 0 Å². The molecule has 2 atom stereocenters. The molecule has 0 spiro atoms. The molecular weight excluding hydrogens is 132 g/mol. The van der Waals surface area contributed by atoms with Crippen LogP contribution in [0, 0.1) is 11.8 Å². The standard InChI is InChI=1S/C11H18/c1-9-8-10-6-4-2-3-5-7-11(9)10/h8,10-11H,2-7H2,1H3/t10-,11+/m1/s1. The molecule has 0 amide bonds. The Bertz CT molecular complexity index is 167. The number of allylic oxidation sites excluding steroid dienone is 2. The molecule has 0 nitrogen and oxygen atoms in total. The normalized spacial score (nSPS) is 37.7. The van der Waals surface area contributed by atoms with Crippen LogP contribution >= 0.6 is 0 Å². The predicted molar refractivity (Wildman–Crippen MR) is 48.4 cm³/mol. The van der Waals surface area contributed by atoms with Crippen molar-refractivity contribution in [2.45, 2.75) is 45.4 Å². The van der Waals surface area contributed by atoms with E-state index in [-0.39, 0.29) is 0 Å². The van der Waals surface area contributed by atoms with Crippen LogP contribution < -0.4 is 0 Å². The van der Waals surface area contributed by atoms with Crippen LogP contribution in [0.25, 0.3) is 0 Å². The third-order valence-corrected chi connectivity index (χ3v) is 3.38. The Morgan fingerprint density at radius 2 is 1.82 bits per heavy atom. The Morgan fingerprint density at radius 3 is 2.55 bits per heavy atom. The number of fused-ring (bicyclic) bond motifs is 1. The van der Waals surface area contributed by atoms with Gasteiger partial charge in [-0.1, -0.05) is 37.3 Å². The fourth-order valence-corrected chi connectivity index (χ4v) is 2.62. The molecule has 0 aromatic rings. The van der Waals surface area contributed by atoms with Gasteiger partial charge in [-0.15, -0.1) is 0 Å². The third-order valence-electron chi connectivity index (χ3n) is 3.38. The van der Waals surface area contributed by atoms with Crippen molar-refractivity contribution in [3.63, 3.8) is 0 Å². The number of hydrogen-bond donors (Lipinski definition) is 0. The monoisotopic (exact) mass is 150 g/mol. The summed E-state index contributed by atoms with van der Waals surface area (Å²) in [6.45, 7) is 2.31. The van der Waals surface area contributed by atoms with E-state index in [1.54, 1.807) is 5.57 Å². The highest BCUT2D eigenvalue weighted by Gasteiger charge is 2.29. The summed E-state index contributed by atoms with van der Waals surface area (Å²) >= 11 is 0. The topological polar surface area (TPSA) is 0 Å². The maximum atomic E-state index is 2.50. The van der Waals surface area contributed by atoms with Crippen molar-refractivity contribution in [2.24, 2.45) is 11.8 Å². The highest BCUT2D eigenvalue weighted by molar-refractivity contribution is 5.19. The second-order valence-electron chi connectivity index (χ2n) is 4.17. The van der Waals surface area contributed by atoms with E-state index in [9.17, 15) is 0 Å². The van der Waals surface area contributed by atoms with Gasteiger partial charge in [0, 0.05) is 0 Å². The molecule has 11 heavy (non-hydrogen) atoms. The first-order chi connectivity index (χ1) is 5.38. The summed E-state index contributed by atoms with van der Waals surface area (Å²) in [6, 6.07) is 0. The molecule has 0 aromatic carbocycles. The Balaban J connectivity index is 1.96. The molecule has 0 radical (unpaired) electrons. The lowest BCUT2D eigenvalue weighted by atomic mass is 9.69. The minimum Gasteiger partial charge on any atom is -0.0816 e. The van der Waals surface area contributed by atoms with Crippen LogP contribution in [0.5, 0.6) is 0 Å². The van der Waals surface area contributed by atoms with E-state index in [1.807, 2.05) is 0 Å². The summed E-state index contributed by atoms with van der Waals surface area (Å²) in [4.78, 5) is 0. The highest BCUT2D eigenvalue weighted by Crippen LogP contribution is 2.41. The summed E-state index contributed by atoms with van der Waals surface area (Å²) < 4.78 is 0. The smallest absolute Gasteiger partial charge is 0.0143 e. The molecule has 0 bridgehead atoms. The Hall–Kier alpha value is -0.260. The van der Waals surface area contributed by atoms with Crippen molar-refractivity contribution < 1.29 is 0 Å². The van der Waals surface area contributed by atoms with Gasteiger partial charge in [0.2, 0.25) is 0 Å². The molecule has 0 aliphatic heterocycles. The van der Waals surface area contributed by atoms with Crippen molar-refractivity contribution in [2.75, 3.05) is 0 Å². The Kier molecular flexibility index (Phi) is 2.02. The zero-order valence-electron chi connectivity index (χ0n) is 7.47. The second kappa shape index (κ2) is 3.00. The molecule has 0 heteroatoms. The van der Waals surface area contributed by atoms with Gasteiger partial charge in [0.05, 0.1) is 0 Å². The fourth-order valence-electron chi connectivity index (χ4n) is 2.62. The van der Waals surface area contributed by atoms with Gasteiger partial charge in [-0.25, -0.2) is 0 Å².